The number of morpholine rings is 1. The number of anilines is 2. The normalized spacial score (nSPS) is 15.6. The summed E-state index contributed by atoms with van der Waals surface area (Å²) in [5, 5.41) is 2.97. The quantitative estimate of drug-likeness (QED) is 0.312. The fourth-order valence-electron chi connectivity index (χ4n) is 4.61. The maximum Gasteiger partial charge on any atom is 0.419 e. The van der Waals surface area contributed by atoms with E-state index in [1.807, 2.05) is 32.9 Å². The number of nitrogens with one attached hydrogen (secondary N) is 1. The van der Waals surface area contributed by atoms with E-state index >= 15 is 0 Å². The van der Waals surface area contributed by atoms with Crippen molar-refractivity contribution in [2.45, 2.75) is 57.9 Å². The largest absolute Gasteiger partial charge is 0.469 e. The topological polar surface area (TPSA) is 103 Å². The van der Waals surface area contributed by atoms with Gasteiger partial charge in [-0.25, -0.2) is 14.8 Å². The number of benzene rings is 2. The third-order valence-corrected chi connectivity index (χ3v) is 6.74. The van der Waals surface area contributed by atoms with Gasteiger partial charge in [-0.05, 0) is 62.4 Å². The van der Waals surface area contributed by atoms with Gasteiger partial charge in [-0.2, -0.15) is 13.2 Å². The molecule has 2 aromatic carbocycles. The Bertz CT molecular complexity index is 1420. The molecule has 12 heteroatoms. The van der Waals surface area contributed by atoms with Gasteiger partial charge in [0, 0.05) is 18.4 Å². The molecule has 0 spiro atoms. The molecular formula is C31H35F3N4O5. The van der Waals surface area contributed by atoms with E-state index in [9.17, 15) is 22.8 Å². The van der Waals surface area contributed by atoms with E-state index in [1.54, 1.807) is 41.3 Å². The first-order chi connectivity index (χ1) is 20.3. The minimum absolute atomic E-state index is 0.0172. The molecule has 2 heterocycles. The number of ether oxygens (including phenoxy) is 3. The highest BCUT2D eigenvalue weighted by Crippen LogP contribution is 2.32. The predicted molar refractivity (Wildman–Crippen MR) is 153 cm³/mol. The molecule has 9 nitrogen and oxygen atoms in total. The van der Waals surface area contributed by atoms with Crippen molar-refractivity contribution in [2.24, 2.45) is 0 Å². The van der Waals surface area contributed by atoms with Crippen molar-refractivity contribution in [3.63, 3.8) is 0 Å². The number of halogens is 3. The van der Waals surface area contributed by atoms with E-state index in [1.165, 1.54) is 7.11 Å². The van der Waals surface area contributed by atoms with Gasteiger partial charge in [0.25, 0.3) is 0 Å². The first-order valence-electron chi connectivity index (χ1n) is 13.9. The SMILES string of the molecule is COC(=O)Cc1ccccc1CCc1nc(Nc2ccc(C3CN(C(=O)OC(C)(C)C)CCO3)cc2)ncc1C(F)(F)F. The first kappa shape index (κ1) is 31.7. The van der Waals surface area contributed by atoms with Crippen LogP contribution in [0.15, 0.2) is 54.7 Å². The number of rotatable bonds is 8. The maximum atomic E-state index is 13.8. The molecule has 0 radical (unpaired) electrons. The van der Waals surface area contributed by atoms with Crippen LogP contribution in [0, 0.1) is 0 Å². The highest BCUT2D eigenvalue weighted by atomic mass is 19.4. The van der Waals surface area contributed by atoms with Gasteiger partial charge in [0.05, 0.1) is 37.9 Å². The van der Waals surface area contributed by atoms with Gasteiger partial charge in [0.2, 0.25) is 5.95 Å². The number of aromatic nitrogens is 2. The van der Waals surface area contributed by atoms with Gasteiger partial charge >= 0.3 is 18.2 Å². The number of esters is 1. The van der Waals surface area contributed by atoms with Crippen LogP contribution >= 0.6 is 0 Å². The number of methoxy groups -OCH3 is 1. The molecule has 3 aromatic rings. The van der Waals surface area contributed by atoms with Crippen molar-refractivity contribution < 1.29 is 37.0 Å². The molecule has 1 fully saturated rings. The van der Waals surface area contributed by atoms with E-state index in [0.717, 1.165) is 17.3 Å². The van der Waals surface area contributed by atoms with Crippen molar-refractivity contribution >= 4 is 23.7 Å². The Kier molecular flexibility index (Phi) is 9.90. The summed E-state index contributed by atoms with van der Waals surface area (Å²) in [6.07, 6.45) is -4.36. The van der Waals surface area contributed by atoms with Gasteiger partial charge < -0.3 is 24.4 Å². The third-order valence-electron chi connectivity index (χ3n) is 6.74. The fourth-order valence-corrected chi connectivity index (χ4v) is 4.61. The van der Waals surface area contributed by atoms with Crippen molar-refractivity contribution in [3.05, 3.63) is 82.7 Å². The average molecular weight is 601 g/mol. The van der Waals surface area contributed by atoms with Crippen LogP contribution in [0.4, 0.5) is 29.6 Å². The van der Waals surface area contributed by atoms with Crippen LogP contribution in [0.25, 0.3) is 0 Å². The Hall–Kier alpha value is -4.19. The van der Waals surface area contributed by atoms with Crippen LogP contribution in [-0.2, 0) is 44.4 Å². The predicted octanol–water partition coefficient (Wildman–Crippen LogP) is 6.05. The van der Waals surface area contributed by atoms with Gasteiger partial charge in [-0.15, -0.1) is 0 Å². The van der Waals surface area contributed by atoms with E-state index in [2.05, 4.69) is 15.3 Å². The fraction of sp³-hybridized carbons (Fsp3) is 0.419. The highest BCUT2D eigenvalue weighted by molar-refractivity contribution is 5.73. The molecule has 4 rings (SSSR count). The van der Waals surface area contributed by atoms with E-state index < -0.39 is 29.4 Å². The minimum atomic E-state index is -4.63. The number of aryl methyl sites for hydroxylation is 2. The average Bonchev–Trinajstić information content (AvgIpc) is 2.95. The van der Waals surface area contributed by atoms with Gasteiger partial charge in [-0.3, -0.25) is 4.79 Å². The number of carbonyl (C=O) groups is 2. The van der Waals surface area contributed by atoms with Crippen LogP contribution < -0.4 is 5.32 Å². The van der Waals surface area contributed by atoms with E-state index in [4.69, 9.17) is 14.2 Å². The summed E-state index contributed by atoms with van der Waals surface area (Å²) in [5.74, 6) is -0.415. The minimum Gasteiger partial charge on any atom is -0.469 e. The second kappa shape index (κ2) is 13.4. The van der Waals surface area contributed by atoms with Crippen LogP contribution in [0.1, 0.15) is 54.8 Å². The van der Waals surface area contributed by atoms with E-state index in [0.29, 0.717) is 30.9 Å². The van der Waals surface area contributed by atoms with Crippen LogP contribution in [0.3, 0.4) is 0 Å². The molecule has 1 N–H and O–H groups in total. The van der Waals surface area contributed by atoms with Gasteiger partial charge in [0.1, 0.15) is 11.7 Å². The molecule has 1 aliphatic rings. The highest BCUT2D eigenvalue weighted by Gasteiger charge is 2.35. The molecule has 1 aromatic heterocycles. The monoisotopic (exact) mass is 600 g/mol. The number of hydrogen-bond acceptors (Lipinski definition) is 8. The zero-order valence-electron chi connectivity index (χ0n) is 24.5. The zero-order valence-corrected chi connectivity index (χ0v) is 24.5. The van der Waals surface area contributed by atoms with Crippen molar-refractivity contribution in [1.29, 1.82) is 0 Å². The lowest BCUT2D eigenvalue weighted by Crippen LogP contribution is -2.44. The molecule has 1 atom stereocenters. The lowest BCUT2D eigenvalue weighted by atomic mass is 9.98. The molecular weight excluding hydrogens is 565 g/mol. The standard InChI is InChI=1S/C31H35F3N4O5/c1-30(2,3)43-29(40)38-15-16-42-26(19-38)21-9-12-23(13-10-21)36-28-35-18-24(31(32,33)34)25(37-28)14-11-20-7-5-6-8-22(20)17-27(39)41-4/h5-10,12-13,18,26H,11,14-17,19H2,1-4H3,(H,35,36,37). The maximum absolute atomic E-state index is 13.8. The van der Waals surface area contributed by atoms with Gasteiger partial charge in [0.15, 0.2) is 0 Å². The summed E-state index contributed by atoms with van der Waals surface area (Å²) >= 11 is 0. The summed E-state index contributed by atoms with van der Waals surface area (Å²) in [7, 11) is 1.29. The summed E-state index contributed by atoms with van der Waals surface area (Å²) in [4.78, 5) is 34.0. The Morgan fingerprint density at radius 3 is 2.40 bits per heavy atom. The van der Waals surface area contributed by atoms with Crippen molar-refractivity contribution in [3.8, 4) is 0 Å². The summed E-state index contributed by atoms with van der Waals surface area (Å²) < 4.78 is 57.5. The third kappa shape index (κ3) is 8.90. The number of nitrogens with zero attached hydrogens (tertiary/aromatic N) is 3. The first-order valence-corrected chi connectivity index (χ1v) is 13.9. The van der Waals surface area contributed by atoms with Crippen LogP contribution in [-0.4, -0.2) is 59.3 Å². The Labute approximate surface area is 248 Å². The van der Waals surface area contributed by atoms with Gasteiger partial charge in [-0.1, -0.05) is 36.4 Å². The Morgan fingerprint density at radius 1 is 1.05 bits per heavy atom. The second-order valence-corrected chi connectivity index (χ2v) is 11.1. The number of carbonyl (C=O) groups excluding carboxylic acids is 2. The number of alkyl halides is 3. The number of amides is 1. The summed E-state index contributed by atoms with van der Waals surface area (Å²) in [6, 6.07) is 14.2. The van der Waals surface area contributed by atoms with Crippen LogP contribution in [0.5, 0.6) is 0 Å². The molecule has 0 aliphatic carbocycles. The Balaban J connectivity index is 1.46. The van der Waals surface area contributed by atoms with Crippen molar-refractivity contribution in [2.75, 3.05) is 32.1 Å². The molecule has 230 valence electrons. The summed E-state index contributed by atoms with van der Waals surface area (Å²) in [6.45, 7) is 6.55. The molecule has 1 saturated heterocycles. The molecule has 43 heavy (non-hydrogen) atoms. The smallest absolute Gasteiger partial charge is 0.419 e. The summed E-state index contributed by atoms with van der Waals surface area (Å²) in [5.41, 5.74) is 1.14. The van der Waals surface area contributed by atoms with E-state index in [-0.39, 0.29) is 37.0 Å². The number of hydrogen-bond donors (Lipinski definition) is 1. The lowest BCUT2D eigenvalue weighted by molar-refractivity contribution is -0.140. The Morgan fingerprint density at radius 2 is 1.74 bits per heavy atom. The van der Waals surface area contributed by atoms with Crippen molar-refractivity contribution in [1.82, 2.24) is 14.9 Å². The zero-order chi connectivity index (χ0) is 31.2. The molecule has 1 aliphatic heterocycles. The second-order valence-electron chi connectivity index (χ2n) is 11.1. The van der Waals surface area contributed by atoms with Crippen LogP contribution in [0.2, 0.25) is 0 Å². The molecule has 1 unspecified atom stereocenters. The molecule has 1 amide bonds. The lowest BCUT2D eigenvalue weighted by Gasteiger charge is -2.34. The molecule has 0 bridgehead atoms. The molecule has 0 saturated carbocycles.